The van der Waals surface area contributed by atoms with Gasteiger partial charge in [0.2, 0.25) is 11.8 Å². The van der Waals surface area contributed by atoms with E-state index in [0.29, 0.717) is 29.3 Å². The minimum Gasteiger partial charge on any atom is -0.449 e. The number of aromatic nitrogens is 17. The molecule has 0 radical (unpaired) electrons. The van der Waals surface area contributed by atoms with E-state index in [4.69, 9.17) is 18.3 Å². The van der Waals surface area contributed by atoms with Gasteiger partial charge in [-0.3, -0.25) is 9.36 Å². The van der Waals surface area contributed by atoms with Crippen LogP contribution in [0.15, 0.2) is 60.1 Å². The van der Waals surface area contributed by atoms with Crippen LogP contribution in [-0.4, -0.2) is 104 Å². The van der Waals surface area contributed by atoms with Crippen LogP contribution < -0.4 is 0 Å². The summed E-state index contributed by atoms with van der Waals surface area (Å²) in [6.45, 7) is 35.7. The molecule has 0 spiro atoms. The van der Waals surface area contributed by atoms with E-state index in [-0.39, 0.29) is 6.29 Å². The number of ether oxygens (including phenoxy) is 2. The molecule has 0 aliphatic carbocycles. The van der Waals surface area contributed by atoms with E-state index < -0.39 is 0 Å². The van der Waals surface area contributed by atoms with Crippen LogP contribution in [0.2, 0.25) is 0 Å². The molecule has 1 aliphatic heterocycles. The molecule has 0 N–H and O–H groups in total. The number of oxazole rings is 2. The van der Waals surface area contributed by atoms with Gasteiger partial charge >= 0.3 is 0 Å². The quantitative estimate of drug-likeness (QED) is 0.137. The van der Waals surface area contributed by atoms with Crippen molar-refractivity contribution in [3.05, 3.63) is 134 Å². The van der Waals surface area contributed by atoms with Crippen molar-refractivity contribution in [1.29, 1.82) is 0 Å². The first kappa shape index (κ1) is 63.2. The Labute approximate surface area is 430 Å². The molecule has 0 amide bonds. The number of aryl methyl sites for hydroxylation is 18. The summed E-state index contributed by atoms with van der Waals surface area (Å²) < 4.78 is 32.6. The minimum atomic E-state index is 0.0196. The average Bonchev–Trinajstić information content (AvgIpc) is 4.22. The van der Waals surface area contributed by atoms with Gasteiger partial charge in [0.25, 0.3) is 0 Å². The van der Waals surface area contributed by atoms with E-state index in [9.17, 15) is 0 Å². The molecule has 394 valence electrons. The summed E-state index contributed by atoms with van der Waals surface area (Å²) in [4.78, 5) is 43.1. The lowest BCUT2D eigenvalue weighted by Gasteiger charge is -2.24. The lowest BCUT2D eigenvalue weighted by molar-refractivity contribution is -0.187. The Morgan fingerprint density at radius 1 is 0.444 bits per heavy atom. The Kier molecular flexibility index (Phi) is 31.0. The van der Waals surface area contributed by atoms with Crippen molar-refractivity contribution in [2.45, 2.75) is 131 Å². The fourth-order valence-electron chi connectivity index (χ4n) is 4.77. The zero-order valence-electron chi connectivity index (χ0n) is 45.5. The Bertz CT molecular complexity index is 2120. The van der Waals surface area contributed by atoms with Crippen molar-refractivity contribution >= 4 is 22.7 Å². The molecule has 9 aromatic heterocycles. The van der Waals surface area contributed by atoms with Gasteiger partial charge in [-0.1, -0.05) is 17.2 Å². The molecule has 10 heterocycles. The summed E-state index contributed by atoms with van der Waals surface area (Å²) >= 11 is 3.39. The molecule has 1 aliphatic rings. The first-order chi connectivity index (χ1) is 33.9. The highest BCUT2D eigenvalue weighted by Crippen LogP contribution is 2.09. The maximum absolute atomic E-state index is 5.17. The molecule has 72 heavy (non-hydrogen) atoms. The predicted octanol–water partition coefficient (Wildman–Crippen LogP) is 9.23. The van der Waals surface area contributed by atoms with Crippen LogP contribution in [0.4, 0.5) is 0 Å². The molecule has 9 aromatic rings. The van der Waals surface area contributed by atoms with Gasteiger partial charge in [-0.05, 0) is 90.0 Å². The van der Waals surface area contributed by atoms with E-state index in [1.807, 2.05) is 104 Å². The highest BCUT2D eigenvalue weighted by molar-refractivity contribution is 7.09. The van der Waals surface area contributed by atoms with Crippen LogP contribution in [0.5, 0.6) is 0 Å². The summed E-state index contributed by atoms with van der Waals surface area (Å²) in [6.07, 6.45) is 8.15. The molecule has 0 bridgehead atoms. The summed E-state index contributed by atoms with van der Waals surface area (Å²) in [7, 11) is 3.69. The number of rotatable bonds is 0. The van der Waals surface area contributed by atoms with Crippen LogP contribution >= 0.6 is 22.7 Å². The third-order valence-corrected chi connectivity index (χ3v) is 9.45. The van der Waals surface area contributed by atoms with Gasteiger partial charge in [-0.25, -0.2) is 44.9 Å². The van der Waals surface area contributed by atoms with Gasteiger partial charge in [0.1, 0.15) is 54.8 Å². The lowest BCUT2D eigenvalue weighted by atomic mass is 10.2. The number of nitrogens with zero attached hydrogens (tertiary/aromatic N) is 17. The summed E-state index contributed by atoms with van der Waals surface area (Å²) in [5.74, 6) is 7.87. The molecule has 0 saturated carbocycles. The average molecular weight is 1040 g/mol. The highest BCUT2D eigenvalue weighted by Gasteiger charge is 2.13. The van der Waals surface area contributed by atoms with Crippen LogP contribution in [0.1, 0.15) is 105 Å². The van der Waals surface area contributed by atoms with Crippen molar-refractivity contribution < 1.29 is 27.4 Å². The van der Waals surface area contributed by atoms with Crippen LogP contribution in [0.25, 0.3) is 0 Å². The maximum atomic E-state index is 5.17. The molecular formula is C47H73N17O6S2. The number of thiazole rings is 2. The molecule has 0 aromatic carbocycles. The van der Waals surface area contributed by atoms with Gasteiger partial charge in [0.05, 0.1) is 34.6 Å². The van der Waals surface area contributed by atoms with E-state index >= 15 is 0 Å². The molecular weight excluding hydrogens is 963 g/mol. The molecule has 1 fully saturated rings. The third kappa shape index (κ3) is 33.7. The van der Waals surface area contributed by atoms with Crippen LogP contribution in [0, 0.1) is 117 Å². The predicted molar refractivity (Wildman–Crippen MR) is 274 cm³/mol. The van der Waals surface area contributed by atoms with Gasteiger partial charge in [0, 0.05) is 69.9 Å². The van der Waals surface area contributed by atoms with E-state index in [2.05, 4.69) is 102 Å². The first-order valence-corrected chi connectivity index (χ1v) is 24.2. The summed E-state index contributed by atoms with van der Waals surface area (Å²) in [6, 6.07) is 0. The SMILES string of the molecule is CC1COC(C)OC1.Cc1coc(C)n1.Cc1coc(C)n1.Cc1csc(C)n1.Cc1csc(C)n1.Cc1ncn(C)n1.Cc1ncn(C)n1.Cc1ncnc(C)n1.Cc1noc(C)n1.Cc1noc(C)n1. The van der Waals surface area contributed by atoms with Crippen molar-refractivity contribution in [2.75, 3.05) is 13.2 Å². The van der Waals surface area contributed by atoms with E-state index in [1.54, 1.807) is 84.9 Å². The summed E-state index contributed by atoms with van der Waals surface area (Å²) in [5, 5.41) is 21.3. The van der Waals surface area contributed by atoms with Crippen molar-refractivity contribution in [3.63, 3.8) is 0 Å². The second-order valence-electron chi connectivity index (χ2n) is 15.6. The van der Waals surface area contributed by atoms with Gasteiger partial charge in [0.15, 0.2) is 29.7 Å². The van der Waals surface area contributed by atoms with Gasteiger partial charge in [-0.15, -0.1) is 22.7 Å². The van der Waals surface area contributed by atoms with Crippen LogP contribution in [-0.2, 0) is 23.6 Å². The third-order valence-electron chi connectivity index (χ3n) is 7.67. The Morgan fingerprint density at radius 2 is 0.833 bits per heavy atom. The molecule has 0 unspecified atom stereocenters. The van der Waals surface area contributed by atoms with E-state index in [1.165, 1.54) is 6.33 Å². The monoisotopic (exact) mass is 1040 g/mol. The standard InChI is InChI=1S/C6H12O2.C5H7N3.2C5H7NO.2C5H7NS.2C4H7N3.2C4H6N2O/c1-5-3-7-6(2)8-4-5;1-4-6-3-7-5(2)8-4;4*1-4-3-7-5(2)6-4;2*1-4-5-3-7(2)6-4;2*1-3-5-4(2)7-6-3/h5-6H,3-4H2,1-2H3;3H,1-2H3;6*3H,1-2H3;2*1-2H3. The molecule has 1 saturated heterocycles. The van der Waals surface area contributed by atoms with Gasteiger partial charge < -0.3 is 27.4 Å². The fourth-order valence-corrected chi connectivity index (χ4v) is 5.95. The largest absolute Gasteiger partial charge is 0.449 e. The zero-order chi connectivity index (χ0) is 54.2. The van der Waals surface area contributed by atoms with E-state index in [0.717, 1.165) is 81.1 Å². The van der Waals surface area contributed by atoms with Crippen LogP contribution in [0.3, 0.4) is 0 Å². The Morgan fingerprint density at radius 3 is 0.958 bits per heavy atom. The lowest BCUT2D eigenvalue weighted by Crippen LogP contribution is -2.27. The second-order valence-corrected chi connectivity index (χ2v) is 17.7. The normalized spacial score (nSPS) is 12.8. The number of hydrogen-bond donors (Lipinski definition) is 0. The maximum Gasteiger partial charge on any atom is 0.223 e. The first-order valence-electron chi connectivity index (χ1n) is 22.5. The summed E-state index contributed by atoms with van der Waals surface area (Å²) in [5.41, 5.74) is 4.14. The smallest absolute Gasteiger partial charge is 0.223 e. The number of hydrogen-bond acceptors (Lipinski definition) is 23. The zero-order valence-corrected chi connectivity index (χ0v) is 47.1. The molecule has 0 atom stereocenters. The highest BCUT2D eigenvalue weighted by atomic mass is 32.1. The Balaban J connectivity index is 0.000000400. The molecule has 25 heteroatoms. The Hall–Kier alpha value is -6.83. The second kappa shape index (κ2) is 35.3. The van der Waals surface area contributed by atoms with Crippen molar-refractivity contribution in [2.24, 2.45) is 20.0 Å². The minimum absolute atomic E-state index is 0.0196. The molecule has 23 nitrogen and oxygen atoms in total. The van der Waals surface area contributed by atoms with Crippen molar-refractivity contribution in [3.8, 4) is 0 Å². The fraction of sp³-hybridized carbons (Fsp3) is 0.511. The van der Waals surface area contributed by atoms with Gasteiger partial charge in [-0.2, -0.15) is 20.2 Å². The van der Waals surface area contributed by atoms with Crippen molar-refractivity contribution in [1.82, 2.24) is 84.7 Å². The topological polar surface area (TPSA) is 274 Å². The molecule has 10 rings (SSSR count).